The Morgan fingerprint density at radius 2 is 1.91 bits per heavy atom. The minimum Gasteiger partial charge on any atom is -0.487 e. The number of alkyl halides is 3. The zero-order valence-electron chi connectivity index (χ0n) is 19.2. The number of hydrogen-bond acceptors (Lipinski definition) is 5. The van der Waals surface area contributed by atoms with E-state index in [4.69, 9.17) is 9.47 Å². The molecule has 1 saturated carbocycles. The summed E-state index contributed by atoms with van der Waals surface area (Å²) in [6, 6.07) is 5.04. The Morgan fingerprint density at radius 3 is 2.49 bits per heavy atom. The lowest BCUT2D eigenvalue weighted by molar-refractivity contribution is -0.272. The van der Waals surface area contributed by atoms with Crippen molar-refractivity contribution in [3.8, 4) is 5.75 Å². The first-order chi connectivity index (χ1) is 16.3. The van der Waals surface area contributed by atoms with Crippen LogP contribution in [0.1, 0.15) is 43.9 Å². The van der Waals surface area contributed by atoms with E-state index in [-0.39, 0.29) is 24.1 Å². The van der Waals surface area contributed by atoms with E-state index in [1.54, 1.807) is 13.0 Å². The minimum atomic E-state index is -4.86. The number of nitrogens with one attached hydrogen (secondary N) is 1. The van der Waals surface area contributed by atoms with Crippen LogP contribution in [0.4, 0.5) is 27.6 Å². The summed E-state index contributed by atoms with van der Waals surface area (Å²) in [6.07, 6.45) is -6.19. The first kappa shape index (κ1) is 25.3. The van der Waals surface area contributed by atoms with Crippen molar-refractivity contribution in [2.75, 3.05) is 5.32 Å². The lowest BCUT2D eigenvalue weighted by atomic mass is 9.76. The number of ether oxygens (including phenoxy) is 2. The van der Waals surface area contributed by atoms with Gasteiger partial charge in [-0.1, -0.05) is 13.0 Å². The average Bonchev–Trinajstić information content (AvgIpc) is 3.04. The van der Waals surface area contributed by atoms with Gasteiger partial charge in [0.2, 0.25) is 5.82 Å². The van der Waals surface area contributed by atoms with Crippen molar-refractivity contribution in [3.63, 3.8) is 0 Å². The highest BCUT2D eigenvalue weighted by molar-refractivity contribution is 5.95. The van der Waals surface area contributed by atoms with E-state index in [2.05, 4.69) is 10.3 Å². The molecule has 6 nitrogen and oxygen atoms in total. The molecule has 0 bridgehead atoms. The Labute approximate surface area is 198 Å². The lowest BCUT2D eigenvalue weighted by Crippen LogP contribution is -2.47. The third kappa shape index (κ3) is 4.58. The molecule has 0 unspecified atom stereocenters. The number of aliphatic hydroxyl groups excluding tert-OH is 1. The fourth-order valence-corrected chi connectivity index (χ4v) is 4.51. The maximum atomic E-state index is 14.9. The molecule has 1 saturated heterocycles. The summed E-state index contributed by atoms with van der Waals surface area (Å²) in [5.74, 6) is -6.79. The molecule has 2 fully saturated rings. The number of aliphatic hydroxyl groups is 1. The van der Waals surface area contributed by atoms with Crippen molar-refractivity contribution >= 4 is 11.6 Å². The molecule has 4 rings (SSSR count). The highest BCUT2D eigenvalue weighted by atomic mass is 19.4. The summed E-state index contributed by atoms with van der Waals surface area (Å²) in [5.41, 5.74) is -1.96. The molecule has 2 heterocycles. The minimum absolute atomic E-state index is 0.118. The smallest absolute Gasteiger partial charge is 0.417 e. The number of benzene rings is 1. The molecule has 0 spiro atoms. The van der Waals surface area contributed by atoms with Gasteiger partial charge in [0.25, 0.3) is 5.91 Å². The summed E-state index contributed by atoms with van der Waals surface area (Å²) >= 11 is 0. The van der Waals surface area contributed by atoms with Crippen LogP contribution in [0.25, 0.3) is 0 Å². The van der Waals surface area contributed by atoms with Crippen LogP contribution in [0.2, 0.25) is 0 Å². The van der Waals surface area contributed by atoms with Gasteiger partial charge in [-0.05, 0) is 32.0 Å². The third-order valence-corrected chi connectivity index (χ3v) is 6.90. The maximum absolute atomic E-state index is 14.9. The van der Waals surface area contributed by atoms with Crippen molar-refractivity contribution in [1.82, 2.24) is 4.98 Å². The second-order valence-corrected chi connectivity index (χ2v) is 9.28. The number of anilines is 1. The quantitative estimate of drug-likeness (QED) is 0.585. The van der Waals surface area contributed by atoms with E-state index >= 15 is 0 Å². The van der Waals surface area contributed by atoms with E-state index in [0.29, 0.717) is 5.69 Å². The molecule has 11 heteroatoms. The first-order valence-electron chi connectivity index (χ1n) is 11.1. The molecular weight excluding hydrogens is 475 g/mol. The van der Waals surface area contributed by atoms with Crippen molar-refractivity contribution < 1.29 is 41.3 Å². The Hall–Kier alpha value is -2.79. The number of rotatable bonds is 5. The molecule has 35 heavy (non-hydrogen) atoms. The summed E-state index contributed by atoms with van der Waals surface area (Å²) in [7, 11) is 0. The molecule has 190 valence electrons. The van der Waals surface area contributed by atoms with Crippen LogP contribution in [-0.4, -0.2) is 46.1 Å². The fourth-order valence-electron chi connectivity index (χ4n) is 4.51. The standard InChI is InChI=1S/C24H25F5N2O4/c1-11-4-5-13(10-30-11)31-22(33)21-18(12(2)23(3,35-21)24(27,28)29)16-6-7-17(25)19(26)20(16)34-15-8-14(32)9-15/h4-7,10,12,14-15,18,21,32H,8-9H2,1-3H3,(H,31,33)/t12-,14?,15?,18-,21+,23+/m0/s1. The summed E-state index contributed by atoms with van der Waals surface area (Å²) in [6.45, 7) is 3.80. The van der Waals surface area contributed by atoms with Gasteiger partial charge in [-0.2, -0.15) is 17.6 Å². The van der Waals surface area contributed by atoms with Gasteiger partial charge in [-0.3, -0.25) is 9.78 Å². The molecule has 4 atom stereocenters. The molecule has 1 aliphatic heterocycles. The van der Waals surface area contributed by atoms with E-state index < -0.39 is 65.2 Å². The molecule has 1 aliphatic carbocycles. The van der Waals surface area contributed by atoms with Gasteiger partial charge in [0.15, 0.2) is 17.2 Å². The number of carbonyl (C=O) groups is 1. The summed E-state index contributed by atoms with van der Waals surface area (Å²) in [5, 5.41) is 12.0. The Bertz CT molecular complexity index is 1100. The highest BCUT2D eigenvalue weighted by Crippen LogP contribution is 2.55. The molecule has 2 aromatic rings. The highest BCUT2D eigenvalue weighted by Gasteiger charge is 2.66. The fraction of sp³-hybridized carbons (Fsp3) is 0.500. The zero-order valence-corrected chi connectivity index (χ0v) is 19.2. The molecule has 1 aromatic heterocycles. The maximum Gasteiger partial charge on any atom is 0.417 e. The third-order valence-electron chi connectivity index (χ3n) is 6.90. The van der Waals surface area contributed by atoms with Gasteiger partial charge in [-0.15, -0.1) is 0 Å². The monoisotopic (exact) mass is 500 g/mol. The van der Waals surface area contributed by atoms with Gasteiger partial charge in [-0.25, -0.2) is 4.39 Å². The Balaban J connectivity index is 1.75. The number of pyridine rings is 1. The van der Waals surface area contributed by atoms with E-state index in [0.717, 1.165) is 19.1 Å². The van der Waals surface area contributed by atoms with Gasteiger partial charge in [0, 0.05) is 35.9 Å². The predicted molar refractivity (Wildman–Crippen MR) is 115 cm³/mol. The van der Waals surface area contributed by atoms with Crippen LogP contribution in [0, 0.1) is 24.5 Å². The topological polar surface area (TPSA) is 80.7 Å². The molecule has 1 amide bonds. The lowest BCUT2D eigenvalue weighted by Gasteiger charge is -2.34. The van der Waals surface area contributed by atoms with E-state index in [1.807, 2.05) is 0 Å². The van der Waals surface area contributed by atoms with Crippen LogP contribution in [0.5, 0.6) is 5.75 Å². The number of halogens is 5. The van der Waals surface area contributed by atoms with Crippen molar-refractivity contribution in [2.45, 2.75) is 69.6 Å². The zero-order chi connectivity index (χ0) is 25.7. The molecule has 0 radical (unpaired) electrons. The number of aryl methyl sites for hydroxylation is 1. The van der Waals surface area contributed by atoms with Crippen molar-refractivity contribution in [3.05, 3.63) is 53.4 Å². The number of hydrogen-bond donors (Lipinski definition) is 2. The molecule has 1 aromatic carbocycles. The molecule has 2 aliphatic rings. The van der Waals surface area contributed by atoms with Crippen molar-refractivity contribution in [1.29, 1.82) is 0 Å². The second-order valence-electron chi connectivity index (χ2n) is 9.28. The predicted octanol–water partition coefficient (Wildman–Crippen LogP) is 4.65. The Kier molecular flexibility index (Phi) is 6.52. The SMILES string of the molecule is Cc1ccc(NC(=O)[C@@H]2O[C@@](C)(C(F)(F)F)[C@@H](C)[C@H]2c2ccc(F)c(F)c2OC2CC(O)C2)cn1. The largest absolute Gasteiger partial charge is 0.487 e. The van der Waals surface area contributed by atoms with Gasteiger partial charge < -0.3 is 19.9 Å². The van der Waals surface area contributed by atoms with Crippen LogP contribution >= 0.6 is 0 Å². The second kappa shape index (κ2) is 9.02. The van der Waals surface area contributed by atoms with Gasteiger partial charge in [0.1, 0.15) is 12.2 Å². The van der Waals surface area contributed by atoms with Gasteiger partial charge in [0.05, 0.1) is 18.0 Å². The van der Waals surface area contributed by atoms with E-state index in [9.17, 15) is 31.9 Å². The van der Waals surface area contributed by atoms with Crippen LogP contribution in [0.15, 0.2) is 30.5 Å². The van der Waals surface area contributed by atoms with Crippen molar-refractivity contribution in [2.24, 2.45) is 5.92 Å². The number of nitrogens with zero attached hydrogens (tertiary/aromatic N) is 1. The summed E-state index contributed by atoms with van der Waals surface area (Å²) < 4.78 is 82.2. The van der Waals surface area contributed by atoms with Crippen LogP contribution in [-0.2, 0) is 9.53 Å². The molecule has 2 N–H and O–H groups in total. The number of aromatic nitrogens is 1. The first-order valence-corrected chi connectivity index (χ1v) is 11.1. The number of amides is 1. The number of carbonyl (C=O) groups excluding carboxylic acids is 1. The normalized spacial score (nSPS) is 30.6. The molecular formula is C24H25F5N2O4. The summed E-state index contributed by atoms with van der Waals surface area (Å²) in [4.78, 5) is 17.2. The van der Waals surface area contributed by atoms with Gasteiger partial charge >= 0.3 is 6.18 Å². The van der Waals surface area contributed by atoms with E-state index in [1.165, 1.54) is 19.2 Å². The van der Waals surface area contributed by atoms with Crippen LogP contribution in [0.3, 0.4) is 0 Å². The Morgan fingerprint density at radius 1 is 1.23 bits per heavy atom. The average molecular weight is 500 g/mol. The van der Waals surface area contributed by atoms with Crippen LogP contribution < -0.4 is 10.1 Å².